The van der Waals surface area contributed by atoms with E-state index >= 15 is 4.39 Å². The first-order valence-electron chi connectivity index (χ1n) is 12.0. The molecule has 0 unspecified atom stereocenters. The second-order valence-electron chi connectivity index (χ2n) is 9.39. The SMILES string of the molecule is CN1C[C@@H]2C[C@H]1CN2c1ccc(Nc2nccc(-c3ccc(Cc4ccccc4)nc3)n2)cc1F. The lowest BCUT2D eigenvalue weighted by atomic mass is 10.1. The lowest BCUT2D eigenvalue weighted by Crippen LogP contribution is -2.44. The Morgan fingerprint density at radius 2 is 1.86 bits per heavy atom. The number of nitrogens with one attached hydrogen (secondary N) is 1. The Labute approximate surface area is 204 Å². The van der Waals surface area contributed by atoms with Crippen molar-refractivity contribution in [1.29, 1.82) is 0 Å². The van der Waals surface area contributed by atoms with Crippen molar-refractivity contribution in [2.45, 2.75) is 24.9 Å². The first-order valence-corrected chi connectivity index (χ1v) is 12.0. The van der Waals surface area contributed by atoms with Crippen LogP contribution in [0.5, 0.6) is 0 Å². The molecule has 0 amide bonds. The first kappa shape index (κ1) is 21.7. The van der Waals surface area contributed by atoms with Gasteiger partial charge in [-0.05, 0) is 55.4 Å². The fourth-order valence-electron chi connectivity index (χ4n) is 5.17. The van der Waals surface area contributed by atoms with Crippen molar-refractivity contribution in [2.75, 3.05) is 30.4 Å². The number of piperazine rings is 1. The van der Waals surface area contributed by atoms with Crippen molar-refractivity contribution in [3.05, 3.63) is 96.2 Å². The molecule has 2 saturated heterocycles. The minimum absolute atomic E-state index is 0.223. The molecule has 2 fully saturated rings. The Bertz CT molecular complexity index is 1330. The van der Waals surface area contributed by atoms with Gasteiger partial charge in [-0.25, -0.2) is 14.4 Å². The summed E-state index contributed by atoms with van der Waals surface area (Å²) < 4.78 is 15.0. The zero-order chi connectivity index (χ0) is 23.8. The van der Waals surface area contributed by atoms with Gasteiger partial charge in [0.05, 0.1) is 11.4 Å². The topological polar surface area (TPSA) is 57.2 Å². The molecule has 6 rings (SSSR count). The molecule has 2 aromatic carbocycles. The molecule has 1 N–H and O–H groups in total. The summed E-state index contributed by atoms with van der Waals surface area (Å²) in [7, 11) is 2.15. The van der Waals surface area contributed by atoms with Crippen LogP contribution in [0, 0.1) is 5.82 Å². The van der Waals surface area contributed by atoms with Crippen molar-refractivity contribution >= 4 is 17.3 Å². The van der Waals surface area contributed by atoms with E-state index in [2.05, 4.69) is 49.2 Å². The molecule has 176 valence electrons. The third kappa shape index (κ3) is 4.47. The summed E-state index contributed by atoms with van der Waals surface area (Å²) >= 11 is 0. The Kier molecular flexibility index (Phi) is 5.62. The zero-order valence-corrected chi connectivity index (χ0v) is 19.6. The van der Waals surface area contributed by atoms with Crippen molar-refractivity contribution in [2.24, 2.45) is 0 Å². The van der Waals surface area contributed by atoms with Crippen LogP contribution < -0.4 is 10.2 Å². The summed E-state index contributed by atoms with van der Waals surface area (Å²) in [5, 5.41) is 3.15. The minimum Gasteiger partial charge on any atom is -0.363 e. The Balaban J connectivity index is 1.15. The number of pyridine rings is 1. The Morgan fingerprint density at radius 1 is 0.971 bits per heavy atom. The summed E-state index contributed by atoms with van der Waals surface area (Å²) in [6, 6.07) is 22.4. The third-order valence-corrected chi connectivity index (χ3v) is 7.03. The highest BCUT2D eigenvalue weighted by Gasteiger charge is 2.42. The van der Waals surface area contributed by atoms with Gasteiger partial charge >= 0.3 is 0 Å². The molecule has 0 aliphatic carbocycles. The summed E-state index contributed by atoms with van der Waals surface area (Å²) in [4.78, 5) is 18.1. The van der Waals surface area contributed by atoms with Crippen LogP contribution in [0.4, 0.5) is 21.7 Å². The van der Waals surface area contributed by atoms with E-state index in [-0.39, 0.29) is 5.82 Å². The van der Waals surface area contributed by atoms with Gasteiger partial charge in [0.15, 0.2) is 0 Å². The van der Waals surface area contributed by atoms with Crippen LogP contribution in [-0.2, 0) is 6.42 Å². The van der Waals surface area contributed by atoms with Crippen molar-refractivity contribution in [3.63, 3.8) is 0 Å². The molecular weight excluding hydrogens is 439 g/mol. The molecule has 7 heteroatoms. The highest BCUT2D eigenvalue weighted by atomic mass is 19.1. The standard InChI is InChI=1S/C28H27FN6/c1-34-17-24-15-23(34)18-35(24)27-10-9-22(14-25(27)29)32-28-30-12-11-26(33-28)20-7-8-21(31-16-20)13-19-5-3-2-4-6-19/h2-12,14,16,23-24H,13,15,17-18H2,1H3,(H,30,32,33)/t23-,24-/m0/s1. The van der Waals surface area contributed by atoms with E-state index in [4.69, 9.17) is 0 Å². The largest absolute Gasteiger partial charge is 0.363 e. The maximum Gasteiger partial charge on any atom is 0.227 e. The highest BCUT2D eigenvalue weighted by molar-refractivity contribution is 5.64. The van der Waals surface area contributed by atoms with Gasteiger partial charge in [0.2, 0.25) is 5.95 Å². The molecule has 2 aliphatic heterocycles. The molecule has 2 aliphatic rings. The van der Waals surface area contributed by atoms with Gasteiger partial charge in [-0.15, -0.1) is 0 Å². The van der Waals surface area contributed by atoms with Gasteiger partial charge < -0.3 is 10.2 Å². The lowest BCUT2D eigenvalue weighted by Gasteiger charge is -2.33. The van der Waals surface area contributed by atoms with Crippen LogP contribution in [-0.4, -0.2) is 52.1 Å². The number of aromatic nitrogens is 3. The lowest BCUT2D eigenvalue weighted by molar-refractivity contribution is 0.292. The van der Waals surface area contributed by atoms with Crippen molar-refractivity contribution in [3.8, 4) is 11.3 Å². The van der Waals surface area contributed by atoms with Crippen LogP contribution in [0.15, 0.2) is 79.1 Å². The molecule has 6 nitrogen and oxygen atoms in total. The number of likely N-dealkylation sites (tertiary alicyclic amines) is 1. The molecule has 4 aromatic rings. The summed E-state index contributed by atoms with van der Waals surface area (Å²) in [5.74, 6) is 0.199. The normalized spacial score (nSPS) is 19.3. The maximum absolute atomic E-state index is 15.0. The van der Waals surface area contributed by atoms with Gasteiger partial charge in [-0.1, -0.05) is 30.3 Å². The second-order valence-corrected chi connectivity index (χ2v) is 9.39. The van der Waals surface area contributed by atoms with E-state index in [0.717, 1.165) is 42.9 Å². The van der Waals surface area contributed by atoms with Crippen LogP contribution in [0.1, 0.15) is 17.7 Å². The highest BCUT2D eigenvalue weighted by Crippen LogP contribution is 2.35. The van der Waals surface area contributed by atoms with Crippen LogP contribution >= 0.6 is 0 Å². The number of likely N-dealkylation sites (N-methyl/N-ethyl adjacent to an activating group) is 1. The first-order chi connectivity index (χ1) is 17.1. The molecule has 2 atom stereocenters. The maximum atomic E-state index is 15.0. The van der Waals surface area contributed by atoms with Crippen molar-refractivity contribution < 1.29 is 4.39 Å². The quantitative estimate of drug-likeness (QED) is 0.436. The van der Waals surface area contributed by atoms with Gasteiger partial charge in [0.1, 0.15) is 5.82 Å². The van der Waals surface area contributed by atoms with E-state index in [1.54, 1.807) is 6.20 Å². The fraction of sp³-hybridized carbons (Fsp3) is 0.250. The number of anilines is 3. The zero-order valence-electron chi connectivity index (χ0n) is 19.6. The number of benzene rings is 2. The second kappa shape index (κ2) is 9.07. The third-order valence-electron chi connectivity index (χ3n) is 7.03. The average molecular weight is 467 g/mol. The van der Waals surface area contributed by atoms with Crippen LogP contribution in [0.25, 0.3) is 11.3 Å². The number of rotatable bonds is 6. The van der Waals surface area contributed by atoms with Gasteiger partial charge in [-0.2, -0.15) is 0 Å². The summed E-state index contributed by atoms with van der Waals surface area (Å²) in [6.07, 6.45) is 5.43. The molecule has 0 radical (unpaired) electrons. The predicted octanol–water partition coefficient (Wildman–Crippen LogP) is 4.90. The van der Waals surface area contributed by atoms with Crippen molar-refractivity contribution in [1.82, 2.24) is 19.9 Å². The number of fused-ring (bicyclic) bond motifs is 2. The molecule has 0 saturated carbocycles. The van der Waals surface area contributed by atoms with E-state index in [1.165, 1.54) is 11.6 Å². The van der Waals surface area contributed by atoms with Gasteiger partial charge in [0, 0.05) is 60.9 Å². The van der Waals surface area contributed by atoms with Crippen LogP contribution in [0.3, 0.4) is 0 Å². The van der Waals surface area contributed by atoms with Gasteiger partial charge in [-0.3, -0.25) is 9.88 Å². The molecule has 2 aromatic heterocycles. The summed E-state index contributed by atoms with van der Waals surface area (Å²) in [6.45, 7) is 1.88. The molecule has 0 spiro atoms. The summed E-state index contributed by atoms with van der Waals surface area (Å²) in [5.41, 5.74) is 5.19. The fourth-order valence-corrected chi connectivity index (χ4v) is 5.17. The van der Waals surface area contributed by atoms with Crippen LogP contribution in [0.2, 0.25) is 0 Å². The Hall–Kier alpha value is -3.84. The number of hydrogen-bond donors (Lipinski definition) is 1. The smallest absolute Gasteiger partial charge is 0.227 e. The average Bonchev–Trinajstić information content (AvgIpc) is 3.45. The van der Waals surface area contributed by atoms with Gasteiger partial charge in [0.25, 0.3) is 0 Å². The molecule has 4 heterocycles. The minimum atomic E-state index is -0.223. The molecular formula is C28H27FN6. The van der Waals surface area contributed by atoms with E-state index in [1.807, 2.05) is 54.7 Å². The number of halogens is 1. The monoisotopic (exact) mass is 466 g/mol. The van der Waals surface area contributed by atoms with E-state index < -0.39 is 0 Å². The van der Waals surface area contributed by atoms with E-state index in [0.29, 0.717) is 29.4 Å². The van der Waals surface area contributed by atoms with E-state index in [9.17, 15) is 0 Å². The number of nitrogens with zero attached hydrogens (tertiary/aromatic N) is 5. The molecule has 2 bridgehead atoms. The molecule has 35 heavy (non-hydrogen) atoms. The number of hydrogen-bond acceptors (Lipinski definition) is 6. The predicted molar refractivity (Wildman–Crippen MR) is 136 cm³/mol. The Morgan fingerprint density at radius 3 is 2.57 bits per heavy atom.